The fourth-order valence-corrected chi connectivity index (χ4v) is 5.57. The van der Waals surface area contributed by atoms with E-state index in [0.29, 0.717) is 41.8 Å². The highest BCUT2D eigenvalue weighted by atomic mass is 35.5. The van der Waals surface area contributed by atoms with Crippen molar-refractivity contribution < 1.29 is 19.2 Å². The van der Waals surface area contributed by atoms with E-state index in [4.69, 9.17) is 32.7 Å². The van der Waals surface area contributed by atoms with Crippen molar-refractivity contribution in [2.24, 2.45) is 5.92 Å². The Morgan fingerprint density at radius 1 is 1.00 bits per heavy atom. The van der Waals surface area contributed by atoms with E-state index in [1.807, 2.05) is 53.4 Å². The van der Waals surface area contributed by atoms with E-state index < -0.39 is 22.7 Å². The van der Waals surface area contributed by atoms with Crippen LogP contribution in [-0.4, -0.2) is 54.7 Å². The lowest BCUT2D eigenvalue weighted by atomic mass is 9.73. The number of ether oxygens (including phenoxy) is 2. The Morgan fingerprint density at radius 2 is 1.56 bits per heavy atom. The number of nitro groups is 1. The summed E-state index contributed by atoms with van der Waals surface area (Å²) in [4.78, 5) is 26.6. The van der Waals surface area contributed by atoms with Crippen LogP contribution in [0.5, 0.6) is 0 Å². The van der Waals surface area contributed by atoms with Gasteiger partial charge in [0, 0.05) is 50.2 Å². The number of Topliss-reactive ketones (excluding diaryl/α,β-unsaturated/α-hetero) is 1. The number of nitrogens with one attached hydrogen (secondary N) is 1. The van der Waals surface area contributed by atoms with E-state index in [-0.39, 0.29) is 24.3 Å². The van der Waals surface area contributed by atoms with Gasteiger partial charge in [0.2, 0.25) is 5.79 Å². The molecule has 0 aromatic heterocycles. The van der Waals surface area contributed by atoms with Crippen LogP contribution in [0.15, 0.2) is 60.0 Å². The standard InChI is InChI=1S/C26H29Cl2N3O5/c1-35-26(36-2)22-15-21(32)16-23(26)30(14-12-18-5-9-20(28)10-6-18)25(24(22)31(33)34)29-13-11-17-3-7-19(27)8-4-17/h3-10,22-23,29H,11-16H2,1-2H3. The van der Waals surface area contributed by atoms with E-state index in [2.05, 4.69) is 5.32 Å². The number of hydrogen-bond donors (Lipinski definition) is 1. The second kappa shape index (κ2) is 11.2. The molecule has 1 aliphatic carbocycles. The second-order valence-electron chi connectivity index (χ2n) is 9.01. The summed E-state index contributed by atoms with van der Waals surface area (Å²) in [6.07, 6.45) is 1.39. The van der Waals surface area contributed by atoms with Crippen molar-refractivity contribution in [3.05, 3.63) is 91.3 Å². The Balaban J connectivity index is 1.70. The van der Waals surface area contributed by atoms with E-state index in [0.717, 1.165) is 11.1 Å². The van der Waals surface area contributed by atoms with Gasteiger partial charge in [-0.1, -0.05) is 47.5 Å². The Morgan fingerprint density at radius 3 is 2.08 bits per heavy atom. The third-order valence-corrected chi connectivity index (χ3v) is 7.55. The zero-order valence-electron chi connectivity index (χ0n) is 20.2. The SMILES string of the molecule is COC1(OC)C2CC(=O)CC1N(CCc1ccc(Cl)cc1)C(NCCc1ccc(Cl)cc1)=C2[N+](=O)[O-]. The fraction of sp³-hybridized carbons (Fsp3) is 0.423. The van der Waals surface area contributed by atoms with Crippen LogP contribution >= 0.6 is 23.2 Å². The van der Waals surface area contributed by atoms with Crippen LogP contribution in [0.4, 0.5) is 0 Å². The van der Waals surface area contributed by atoms with Crippen LogP contribution < -0.4 is 5.32 Å². The van der Waals surface area contributed by atoms with Crippen LogP contribution in [0.1, 0.15) is 24.0 Å². The Bertz CT molecular complexity index is 1130. The lowest BCUT2D eigenvalue weighted by Crippen LogP contribution is -2.68. The molecule has 2 bridgehead atoms. The lowest BCUT2D eigenvalue weighted by molar-refractivity contribution is -0.454. The van der Waals surface area contributed by atoms with Crippen molar-refractivity contribution in [3.63, 3.8) is 0 Å². The van der Waals surface area contributed by atoms with Crippen molar-refractivity contribution in [3.8, 4) is 0 Å². The van der Waals surface area contributed by atoms with Gasteiger partial charge in [0.05, 0.1) is 11.0 Å². The normalized spacial score (nSPS) is 21.0. The maximum Gasteiger partial charge on any atom is 0.294 e. The van der Waals surface area contributed by atoms with Crippen molar-refractivity contribution in [1.29, 1.82) is 0 Å². The van der Waals surface area contributed by atoms with Gasteiger partial charge in [-0.05, 0) is 48.2 Å². The number of carbonyl (C=O) groups is 1. The number of carbonyl (C=O) groups excluding carboxylic acids is 1. The highest BCUT2D eigenvalue weighted by molar-refractivity contribution is 6.30. The van der Waals surface area contributed by atoms with Crippen molar-refractivity contribution in [2.45, 2.75) is 37.5 Å². The average Bonchev–Trinajstić information content (AvgIpc) is 2.85. The first kappa shape index (κ1) is 26.4. The highest BCUT2D eigenvalue weighted by Crippen LogP contribution is 2.48. The summed E-state index contributed by atoms with van der Waals surface area (Å²) >= 11 is 12.0. The van der Waals surface area contributed by atoms with Crippen molar-refractivity contribution in [2.75, 3.05) is 27.3 Å². The minimum Gasteiger partial charge on any atom is -0.366 e. The predicted molar refractivity (Wildman–Crippen MR) is 137 cm³/mol. The monoisotopic (exact) mass is 533 g/mol. The molecule has 0 saturated heterocycles. The summed E-state index contributed by atoms with van der Waals surface area (Å²) in [5, 5.41) is 17.1. The van der Waals surface area contributed by atoms with E-state index in [1.165, 1.54) is 14.2 Å². The zero-order valence-corrected chi connectivity index (χ0v) is 21.7. The molecule has 10 heteroatoms. The molecule has 1 saturated carbocycles. The second-order valence-corrected chi connectivity index (χ2v) is 9.88. The molecule has 192 valence electrons. The van der Waals surface area contributed by atoms with Crippen LogP contribution in [0, 0.1) is 16.0 Å². The molecule has 2 atom stereocenters. The third-order valence-electron chi connectivity index (χ3n) is 7.05. The summed E-state index contributed by atoms with van der Waals surface area (Å²) in [6, 6.07) is 14.4. The van der Waals surface area contributed by atoms with E-state index in [9.17, 15) is 14.9 Å². The first-order chi connectivity index (χ1) is 17.3. The minimum absolute atomic E-state index is 0.0120. The molecule has 0 radical (unpaired) electrons. The van der Waals surface area contributed by atoms with Gasteiger partial charge in [-0.2, -0.15) is 0 Å². The maximum atomic E-state index is 12.7. The number of nitrogens with zero attached hydrogens (tertiary/aromatic N) is 2. The number of ketones is 1. The summed E-state index contributed by atoms with van der Waals surface area (Å²) in [5.74, 6) is -1.78. The summed E-state index contributed by atoms with van der Waals surface area (Å²) in [6.45, 7) is 0.882. The van der Waals surface area contributed by atoms with Crippen LogP contribution in [0.2, 0.25) is 10.0 Å². The Kier molecular flexibility index (Phi) is 8.20. The van der Waals surface area contributed by atoms with Gasteiger partial charge in [0.15, 0.2) is 5.82 Å². The van der Waals surface area contributed by atoms with Crippen molar-refractivity contribution in [1.82, 2.24) is 10.2 Å². The number of benzene rings is 2. The van der Waals surface area contributed by atoms with E-state index >= 15 is 0 Å². The molecule has 1 fully saturated rings. The topological polar surface area (TPSA) is 93.9 Å². The number of halogens is 2. The molecule has 2 unspecified atom stereocenters. The first-order valence-corrected chi connectivity index (χ1v) is 12.5. The highest BCUT2D eigenvalue weighted by Gasteiger charge is 2.63. The molecule has 2 aliphatic rings. The third kappa shape index (κ3) is 5.22. The van der Waals surface area contributed by atoms with Gasteiger partial charge in [-0.15, -0.1) is 0 Å². The Hall–Kier alpha value is -2.65. The minimum atomic E-state index is -1.31. The molecule has 2 aromatic rings. The van der Waals surface area contributed by atoms with Crippen LogP contribution in [0.25, 0.3) is 0 Å². The maximum absolute atomic E-state index is 12.7. The molecular weight excluding hydrogens is 505 g/mol. The molecule has 0 amide bonds. The largest absolute Gasteiger partial charge is 0.366 e. The lowest BCUT2D eigenvalue weighted by Gasteiger charge is -2.53. The smallest absolute Gasteiger partial charge is 0.294 e. The predicted octanol–water partition coefficient (Wildman–Crippen LogP) is 4.47. The van der Waals surface area contributed by atoms with Gasteiger partial charge < -0.3 is 19.7 Å². The van der Waals surface area contributed by atoms with Gasteiger partial charge in [0.1, 0.15) is 11.7 Å². The molecule has 0 spiro atoms. The van der Waals surface area contributed by atoms with Gasteiger partial charge >= 0.3 is 0 Å². The molecule has 2 aromatic carbocycles. The van der Waals surface area contributed by atoms with Gasteiger partial charge in [0.25, 0.3) is 5.70 Å². The molecule has 1 heterocycles. The summed E-state index contributed by atoms with van der Waals surface area (Å²) in [7, 11) is 2.96. The molecular formula is C26H29Cl2N3O5. The van der Waals surface area contributed by atoms with Gasteiger partial charge in [-0.3, -0.25) is 14.9 Å². The number of rotatable bonds is 10. The number of hydrogen-bond acceptors (Lipinski definition) is 7. The van der Waals surface area contributed by atoms with Gasteiger partial charge in [-0.25, -0.2) is 0 Å². The van der Waals surface area contributed by atoms with Crippen LogP contribution in [-0.2, 0) is 27.1 Å². The molecule has 36 heavy (non-hydrogen) atoms. The molecule has 4 rings (SSSR count). The van der Waals surface area contributed by atoms with E-state index in [1.54, 1.807) is 0 Å². The molecule has 8 nitrogen and oxygen atoms in total. The first-order valence-electron chi connectivity index (χ1n) is 11.8. The number of methoxy groups -OCH3 is 2. The van der Waals surface area contributed by atoms with Crippen molar-refractivity contribution >= 4 is 29.0 Å². The summed E-state index contributed by atoms with van der Waals surface area (Å²) in [5.41, 5.74) is 1.99. The number of fused-ring (bicyclic) bond motifs is 2. The Labute approximate surface area is 220 Å². The fourth-order valence-electron chi connectivity index (χ4n) is 5.32. The summed E-state index contributed by atoms with van der Waals surface area (Å²) < 4.78 is 11.7. The molecule has 1 aliphatic heterocycles. The molecule has 1 N–H and O–H groups in total. The van der Waals surface area contributed by atoms with Crippen LogP contribution in [0.3, 0.4) is 0 Å². The average molecular weight is 534 g/mol. The quantitative estimate of drug-likeness (QED) is 0.273. The zero-order chi connectivity index (χ0) is 25.9.